The monoisotopic (exact) mass is 320 g/mol. The van der Waals surface area contributed by atoms with Crippen molar-refractivity contribution in [3.8, 4) is 0 Å². The number of ether oxygens (including phenoxy) is 2. The number of hydrogen-bond donors (Lipinski definition) is 1. The van der Waals surface area contributed by atoms with Crippen LogP contribution in [-0.2, 0) is 9.47 Å². The van der Waals surface area contributed by atoms with Crippen LogP contribution < -0.4 is 5.32 Å². The molecule has 1 atom stereocenters. The summed E-state index contributed by atoms with van der Waals surface area (Å²) in [6.07, 6.45) is -0.132. The summed E-state index contributed by atoms with van der Waals surface area (Å²) >= 11 is 12.0. The maximum Gasteiger partial charge on any atom is 0.272 e. The van der Waals surface area contributed by atoms with Gasteiger partial charge in [-0.05, 0) is 13.8 Å². The van der Waals surface area contributed by atoms with Gasteiger partial charge in [0.1, 0.15) is 6.10 Å². The number of non-ortho nitro benzene ring substituents is 1. The molecule has 20 heavy (non-hydrogen) atoms. The van der Waals surface area contributed by atoms with Gasteiger partial charge in [-0.15, -0.1) is 0 Å². The summed E-state index contributed by atoms with van der Waals surface area (Å²) in [7, 11) is 0. The van der Waals surface area contributed by atoms with Gasteiger partial charge >= 0.3 is 0 Å². The second-order valence-corrected chi connectivity index (χ2v) is 5.69. The summed E-state index contributed by atoms with van der Waals surface area (Å²) in [6, 6.07) is 2.51. The van der Waals surface area contributed by atoms with E-state index in [1.807, 2.05) is 13.8 Å². The number of hydrogen-bond acceptors (Lipinski definition) is 5. The molecule has 0 aliphatic carbocycles. The van der Waals surface area contributed by atoms with E-state index in [1.165, 1.54) is 12.1 Å². The van der Waals surface area contributed by atoms with Crippen LogP contribution in [0.2, 0.25) is 10.0 Å². The highest BCUT2D eigenvalue weighted by Crippen LogP contribution is 2.35. The Bertz CT molecular complexity index is 513. The predicted molar refractivity (Wildman–Crippen MR) is 76.5 cm³/mol. The maximum atomic E-state index is 10.7. The second kappa shape index (κ2) is 5.73. The smallest absolute Gasteiger partial charge is 0.272 e. The Morgan fingerprint density at radius 2 is 2.05 bits per heavy atom. The highest BCUT2D eigenvalue weighted by atomic mass is 35.5. The number of benzene rings is 1. The minimum atomic E-state index is -0.602. The molecule has 0 saturated carbocycles. The number of nitrogens with zero attached hydrogens (tertiary/aromatic N) is 1. The molecule has 2 rings (SSSR count). The van der Waals surface area contributed by atoms with Crippen LogP contribution in [0.1, 0.15) is 13.8 Å². The molecule has 1 aliphatic heterocycles. The van der Waals surface area contributed by atoms with Gasteiger partial charge in [0.05, 0.1) is 27.3 Å². The van der Waals surface area contributed by atoms with Crippen LogP contribution in [-0.4, -0.2) is 30.0 Å². The van der Waals surface area contributed by atoms with Crippen LogP contribution in [0.3, 0.4) is 0 Å². The molecule has 0 radical (unpaired) electrons. The molecule has 110 valence electrons. The molecule has 0 bridgehead atoms. The van der Waals surface area contributed by atoms with Gasteiger partial charge in [-0.1, -0.05) is 23.2 Å². The zero-order valence-electron chi connectivity index (χ0n) is 11.0. The van der Waals surface area contributed by atoms with Crippen LogP contribution in [0.4, 0.5) is 11.4 Å². The van der Waals surface area contributed by atoms with E-state index in [-0.39, 0.29) is 21.8 Å². The summed E-state index contributed by atoms with van der Waals surface area (Å²) in [6.45, 7) is 4.57. The number of nitro groups is 1. The van der Waals surface area contributed by atoms with Crippen molar-refractivity contribution >= 4 is 34.6 Å². The van der Waals surface area contributed by atoms with Crippen LogP contribution in [0.15, 0.2) is 12.1 Å². The van der Waals surface area contributed by atoms with Gasteiger partial charge in [0.15, 0.2) is 5.79 Å². The van der Waals surface area contributed by atoms with Crippen molar-refractivity contribution in [1.82, 2.24) is 0 Å². The van der Waals surface area contributed by atoms with Crippen molar-refractivity contribution in [1.29, 1.82) is 0 Å². The average molecular weight is 321 g/mol. The summed E-state index contributed by atoms with van der Waals surface area (Å²) in [4.78, 5) is 10.1. The Hall–Kier alpha value is -1.08. The van der Waals surface area contributed by atoms with Gasteiger partial charge in [0, 0.05) is 18.7 Å². The highest BCUT2D eigenvalue weighted by molar-refractivity contribution is 6.39. The third-order valence-electron chi connectivity index (χ3n) is 2.81. The first-order chi connectivity index (χ1) is 9.28. The molecule has 1 N–H and O–H groups in total. The number of anilines is 1. The summed E-state index contributed by atoms with van der Waals surface area (Å²) in [5.74, 6) is -0.602. The number of rotatable bonds is 4. The van der Waals surface area contributed by atoms with Crippen LogP contribution >= 0.6 is 23.2 Å². The van der Waals surface area contributed by atoms with E-state index >= 15 is 0 Å². The number of nitro benzene ring substituents is 1. The number of halogens is 2. The minimum absolute atomic E-state index is 0.132. The van der Waals surface area contributed by atoms with E-state index in [9.17, 15) is 10.1 Å². The van der Waals surface area contributed by atoms with Gasteiger partial charge in [0.25, 0.3) is 5.69 Å². The van der Waals surface area contributed by atoms with E-state index < -0.39 is 10.7 Å². The zero-order chi connectivity index (χ0) is 14.9. The van der Waals surface area contributed by atoms with E-state index in [4.69, 9.17) is 32.7 Å². The minimum Gasteiger partial charge on any atom is -0.380 e. The van der Waals surface area contributed by atoms with Gasteiger partial charge in [-0.25, -0.2) is 0 Å². The first kappa shape index (κ1) is 15.3. The average Bonchev–Trinajstić information content (AvgIpc) is 2.67. The Balaban J connectivity index is 2.05. The molecule has 6 nitrogen and oxygen atoms in total. The first-order valence-corrected chi connectivity index (χ1v) is 6.73. The molecule has 1 heterocycles. The fraction of sp³-hybridized carbons (Fsp3) is 0.500. The van der Waals surface area contributed by atoms with Gasteiger partial charge < -0.3 is 14.8 Å². The molecule has 1 saturated heterocycles. The van der Waals surface area contributed by atoms with Gasteiger partial charge in [-0.2, -0.15) is 0 Å². The number of nitrogens with one attached hydrogen (secondary N) is 1. The van der Waals surface area contributed by atoms with Crippen molar-refractivity contribution in [2.45, 2.75) is 25.7 Å². The molecule has 8 heteroatoms. The second-order valence-electron chi connectivity index (χ2n) is 4.87. The lowest BCUT2D eigenvalue weighted by molar-refractivity contribution is -0.384. The van der Waals surface area contributed by atoms with Crippen LogP contribution in [0.25, 0.3) is 0 Å². The molecule has 1 unspecified atom stereocenters. The molecule has 1 fully saturated rings. The van der Waals surface area contributed by atoms with Crippen molar-refractivity contribution in [3.05, 3.63) is 32.3 Å². The van der Waals surface area contributed by atoms with Crippen molar-refractivity contribution in [3.63, 3.8) is 0 Å². The van der Waals surface area contributed by atoms with E-state index in [0.717, 1.165) is 0 Å². The lowest BCUT2D eigenvalue weighted by Crippen LogP contribution is -2.26. The largest absolute Gasteiger partial charge is 0.380 e. The normalized spacial score (nSPS) is 20.9. The molecule has 0 aromatic heterocycles. The molecule has 1 aromatic carbocycles. The van der Waals surface area contributed by atoms with Crippen molar-refractivity contribution in [2.75, 3.05) is 18.5 Å². The van der Waals surface area contributed by atoms with Crippen LogP contribution in [0.5, 0.6) is 0 Å². The fourth-order valence-electron chi connectivity index (χ4n) is 1.91. The molecular weight excluding hydrogens is 307 g/mol. The molecular formula is C12H14Cl2N2O4. The molecule has 1 aromatic rings. The standard InChI is InChI=1S/C12H14Cl2N2O4/c1-12(2)19-6-8(20-12)5-15-11-9(13)3-7(16(17)18)4-10(11)14/h3-4,8,15H,5-6H2,1-2H3. The van der Waals surface area contributed by atoms with E-state index in [2.05, 4.69) is 5.32 Å². The Labute approximate surface area is 126 Å². The Morgan fingerprint density at radius 3 is 2.50 bits per heavy atom. The van der Waals surface area contributed by atoms with E-state index in [0.29, 0.717) is 18.8 Å². The summed E-state index contributed by atoms with van der Waals surface area (Å²) in [5, 5.41) is 14.1. The molecule has 0 spiro atoms. The third kappa shape index (κ3) is 3.52. The lowest BCUT2D eigenvalue weighted by Gasteiger charge is -2.18. The lowest BCUT2D eigenvalue weighted by atomic mass is 10.2. The molecule has 1 aliphatic rings. The highest BCUT2D eigenvalue weighted by Gasteiger charge is 2.32. The maximum absolute atomic E-state index is 10.7. The van der Waals surface area contributed by atoms with Crippen molar-refractivity contribution < 1.29 is 14.4 Å². The van der Waals surface area contributed by atoms with E-state index in [1.54, 1.807) is 0 Å². The fourth-order valence-corrected chi connectivity index (χ4v) is 2.52. The zero-order valence-corrected chi connectivity index (χ0v) is 12.5. The Kier molecular flexibility index (Phi) is 4.39. The van der Waals surface area contributed by atoms with Crippen LogP contribution in [0, 0.1) is 10.1 Å². The quantitative estimate of drug-likeness (QED) is 0.679. The SMILES string of the molecule is CC1(C)OCC(CNc2c(Cl)cc([N+](=O)[O-])cc2Cl)O1. The van der Waals surface area contributed by atoms with Gasteiger partial charge in [-0.3, -0.25) is 10.1 Å². The Morgan fingerprint density at radius 1 is 1.45 bits per heavy atom. The van der Waals surface area contributed by atoms with Crippen molar-refractivity contribution in [2.24, 2.45) is 0 Å². The summed E-state index contributed by atoms with van der Waals surface area (Å²) < 4.78 is 11.1. The molecule has 0 amide bonds. The topological polar surface area (TPSA) is 73.6 Å². The first-order valence-electron chi connectivity index (χ1n) is 5.97. The summed E-state index contributed by atoms with van der Waals surface area (Å²) in [5.41, 5.74) is 0.305. The third-order valence-corrected chi connectivity index (χ3v) is 3.41. The predicted octanol–water partition coefficient (Wildman–Crippen LogP) is 3.47. The van der Waals surface area contributed by atoms with Gasteiger partial charge in [0.2, 0.25) is 0 Å².